The maximum Gasteiger partial charge on any atom is 0.255 e. The summed E-state index contributed by atoms with van der Waals surface area (Å²) in [5.74, 6) is 1.82. The Labute approximate surface area is 163 Å². The van der Waals surface area contributed by atoms with Gasteiger partial charge in [0.25, 0.3) is 5.91 Å². The number of amides is 1. The van der Waals surface area contributed by atoms with Crippen LogP contribution in [0.1, 0.15) is 53.4 Å². The Bertz CT molecular complexity index is 843. The fourth-order valence-corrected chi connectivity index (χ4v) is 4.84. The third-order valence-corrected chi connectivity index (χ3v) is 6.30. The van der Waals surface area contributed by atoms with Crippen LogP contribution >= 0.6 is 0 Å². The van der Waals surface area contributed by atoms with Gasteiger partial charge in [-0.15, -0.1) is 10.2 Å². The van der Waals surface area contributed by atoms with E-state index in [0.717, 1.165) is 58.0 Å². The zero-order valence-corrected chi connectivity index (χ0v) is 16.1. The molecular formula is C20H25N5O3. The molecule has 0 bridgehead atoms. The van der Waals surface area contributed by atoms with Gasteiger partial charge in [0.2, 0.25) is 11.8 Å². The number of hydrogen-bond donors (Lipinski definition) is 0. The van der Waals surface area contributed by atoms with E-state index in [9.17, 15) is 4.79 Å². The number of carbonyl (C=O) groups is 1. The van der Waals surface area contributed by atoms with Gasteiger partial charge in [-0.2, -0.15) is 0 Å². The highest BCUT2D eigenvalue weighted by Gasteiger charge is 2.53. The first-order valence-electron chi connectivity index (χ1n) is 9.94. The summed E-state index contributed by atoms with van der Waals surface area (Å²) in [7, 11) is 2.10. The van der Waals surface area contributed by atoms with E-state index in [2.05, 4.69) is 27.1 Å². The maximum atomic E-state index is 12.6. The maximum absolute atomic E-state index is 12.6. The van der Waals surface area contributed by atoms with Crippen molar-refractivity contribution in [2.45, 2.75) is 31.2 Å². The van der Waals surface area contributed by atoms with E-state index in [4.69, 9.17) is 9.15 Å². The van der Waals surface area contributed by atoms with Crippen LogP contribution in [0, 0.1) is 5.41 Å². The van der Waals surface area contributed by atoms with Crippen LogP contribution in [0.3, 0.4) is 0 Å². The number of ether oxygens (including phenoxy) is 1. The van der Waals surface area contributed by atoms with Gasteiger partial charge < -0.3 is 14.1 Å². The minimum Gasteiger partial charge on any atom is -0.423 e. The summed E-state index contributed by atoms with van der Waals surface area (Å²) >= 11 is 0. The topological polar surface area (TPSA) is 84.6 Å². The van der Waals surface area contributed by atoms with Crippen molar-refractivity contribution in [1.29, 1.82) is 0 Å². The molecule has 3 aliphatic heterocycles. The molecule has 3 aliphatic rings. The fourth-order valence-electron chi connectivity index (χ4n) is 4.84. The fraction of sp³-hybridized carbons (Fsp3) is 0.600. The first-order valence-corrected chi connectivity index (χ1v) is 9.94. The van der Waals surface area contributed by atoms with Crippen molar-refractivity contribution < 1.29 is 13.9 Å². The molecule has 3 saturated heterocycles. The van der Waals surface area contributed by atoms with Crippen molar-refractivity contribution in [1.82, 2.24) is 25.0 Å². The third kappa shape index (κ3) is 3.10. The Morgan fingerprint density at radius 1 is 1.18 bits per heavy atom. The summed E-state index contributed by atoms with van der Waals surface area (Å²) in [4.78, 5) is 20.8. The normalized spacial score (nSPS) is 25.2. The lowest BCUT2D eigenvalue weighted by Crippen LogP contribution is -2.59. The molecule has 3 fully saturated rings. The number of likely N-dealkylation sites (tertiary alicyclic amines) is 2. The molecular weight excluding hydrogens is 358 g/mol. The molecule has 1 amide bonds. The lowest BCUT2D eigenvalue weighted by atomic mass is 9.77. The van der Waals surface area contributed by atoms with Crippen LogP contribution in [-0.2, 0) is 4.74 Å². The summed E-state index contributed by atoms with van der Waals surface area (Å²) in [5, 5.41) is 8.68. The van der Waals surface area contributed by atoms with Gasteiger partial charge in [0.05, 0.1) is 11.6 Å². The van der Waals surface area contributed by atoms with Gasteiger partial charge in [0.15, 0.2) is 0 Å². The van der Waals surface area contributed by atoms with E-state index >= 15 is 0 Å². The highest BCUT2D eigenvalue weighted by Crippen LogP contribution is 2.47. The molecule has 8 nitrogen and oxygen atoms in total. The number of rotatable bonds is 3. The summed E-state index contributed by atoms with van der Waals surface area (Å²) < 4.78 is 11.5. The van der Waals surface area contributed by atoms with Crippen molar-refractivity contribution in [3.05, 3.63) is 41.9 Å². The van der Waals surface area contributed by atoms with Crippen LogP contribution in [0.25, 0.3) is 0 Å². The number of hydrogen-bond acceptors (Lipinski definition) is 7. The van der Waals surface area contributed by atoms with Gasteiger partial charge in [-0.3, -0.25) is 14.7 Å². The SMILES string of the molecule is CN1CC2(CC1c1nnc(C3CCOCC3)o1)CN(C(=O)c1cccnc1)C2. The zero-order valence-electron chi connectivity index (χ0n) is 16.1. The van der Waals surface area contributed by atoms with Crippen molar-refractivity contribution in [2.75, 3.05) is 39.9 Å². The minimum absolute atomic E-state index is 0.0597. The number of nitrogens with zero attached hydrogens (tertiary/aromatic N) is 5. The molecule has 0 saturated carbocycles. The molecule has 5 heterocycles. The highest BCUT2D eigenvalue weighted by atomic mass is 16.5. The van der Waals surface area contributed by atoms with Crippen molar-refractivity contribution in [3.63, 3.8) is 0 Å². The molecule has 2 aromatic heterocycles. The average Bonchev–Trinajstić information content (AvgIpc) is 3.32. The lowest BCUT2D eigenvalue weighted by molar-refractivity contribution is 0.0114. The standard InChI is InChI=1S/C20H25N5O3/c1-24-11-20(12-25(13-20)19(26)15-3-2-6-21-10-15)9-16(24)18-23-22-17(28-18)14-4-7-27-8-5-14/h2-3,6,10,14,16H,4-5,7-9,11-13H2,1H3. The molecule has 0 aromatic carbocycles. The molecule has 1 atom stereocenters. The predicted octanol–water partition coefficient (Wildman–Crippen LogP) is 1.88. The molecule has 28 heavy (non-hydrogen) atoms. The number of aromatic nitrogens is 3. The molecule has 8 heteroatoms. The van der Waals surface area contributed by atoms with Crippen LogP contribution in [0.4, 0.5) is 0 Å². The van der Waals surface area contributed by atoms with Crippen LogP contribution in [0.5, 0.6) is 0 Å². The van der Waals surface area contributed by atoms with E-state index in [1.807, 2.05) is 11.0 Å². The molecule has 5 rings (SSSR count). The molecule has 1 unspecified atom stereocenters. The second-order valence-corrected chi connectivity index (χ2v) is 8.40. The highest BCUT2D eigenvalue weighted by molar-refractivity contribution is 5.94. The van der Waals surface area contributed by atoms with Crippen molar-refractivity contribution >= 4 is 5.91 Å². The van der Waals surface area contributed by atoms with E-state index in [1.165, 1.54) is 0 Å². The largest absolute Gasteiger partial charge is 0.423 e. The summed E-state index contributed by atoms with van der Waals surface area (Å²) in [6, 6.07) is 3.74. The number of pyridine rings is 1. The Balaban J connectivity index is 1.24. The van der Waals surface area contributed by atoms with Crippen LogP contribution in [-0.4, -0.2) is 70.8 Å². The lowest BCUT2D eigenvalue weighted by Gasteiger charge is -2.48. The zero-order chi connectivity index (χ0) is 19.1. The van der Waals surface area contributed by atoms with Gasteiger partial charge in [-0.25, -0.2) is 0 Å². The molecule has 2 aromatic rings. The van der Waals surface area contributed by atoms with Gasteiger partial charge in [0.1, 0.15) is 0 Å². The number of carbonyl (C=O) groups excluding carboxylic acids is 1. The monoisotopic (exact) mass is 383 g/mol. The van der Waals surface area contributed by atoms with Crippen LogP contribution in [0.2, 0.25) is 0 Å². The van der Waals surface area contributed by atoms with Crippen molar-refractivity contribution in [3.8, 4) is 0 Å². The molecule has 0 aliphatic carbocycles. The van der Waals surface area contributed by atoms with Gasteiger partial charge >= 0.3 is 0 Å². The summed E-state index contributed by atoms with van der Waals surface area (Å²) in [6.45, 7) is 3.99. The first kappa shape index (κ1) is 17.8. The van der Waals surface area contributed by atoms with Gasteiger partial charge in [0, 0.05) is 56.6 Å². The van der Waals surface area contributed by atoms with Crippen molar-refractivity contribution in [2.24, 2.45) is 5.41 Å². The second-order valence-electron chi connectivity index (χ2n) is 8.40. The molecule has 0 N–H and O–H groups in total. The Morgan fingerprint density at radius 2 is 1.96 bits per heavy atom. The first-order chi connectivity index (χ1) is 13.6. The third-order valence-electron chi connectivity index (χ3n) is 6.30. The van der Waals surface area contributed by atoms with Crippen LogP contribution in [0.15, 0.2) is 28.9 Å². The summed E-state index contributed by atoms with van der Waals surface area (Å²) in [6.07, 6.45) is 6.14. The second kappa shape index (κ2) is 6.93. The van der Waals surface area contributed by atoms with Gasteiger partial charge in [-0.05, 0) is 38.4 Å². The van der Waals surface area contributed by atoms with E-state index in [1.54, 1.807) is 18.5 Å². The predicted molar refractivity (Wildman–Crippen MR) is 99.7 cm³/mol. The molecule has 148 valence electrons. The van der Waals surface area contributed by atoms with Crippen LogP contribution < -0.4 is 0 Å². The Kier molecular flexibility index (Phi) is 4.40. The average molecular weight is 383 g/mol. The smallest absolute Gasteiger partial charge is 0.255 e. The molecule has 1 spiro atoms. The quantitative estimate of drug-likeness (QED) is 0.800. The van der Waals surface area contributed by atoms with E-state index in [-0.39, 0.29) is 17.4 Å². The summed E-state index contributed by atoms with van der Waals surface area (Å²) in [5.41, 5.74) is 0.767. The van der Waals surface area contributed by atoms with E-state index < -0.39 is 0 Å². The minimum atomic E-state index is 0.0597. The van der Waals surface area contributed by atoms with Gasteiger partial charge in [-0.1, -0.05) is 0 Å². The molecule has 0 radical (unpaired) electrons. The van der Waals surface area contributed by atoms with E-state index in [0.29, 0.717) is 17.4 Å². The Morgan fingerprint density at radius 3 is 2.71 bits per heavy atom. The Hall–Kier alpha value is -2.32.